The molecule has 1 unspecified atom stereocenters. The number of hydrazine groups is 1. The van der Waals surface area contributed by atoms with Crippen molar-refractivity contribution in [2.75, 3.05) is 0 Å². The number of imidazole rings is 1. The van der Waals surface area contributed by atoms with Crippen LogP contribution in [0.25, 0.3) is 0 Å². The minimum atomic E-state index is -0.0893. The zero-order valence-corrected chi connectivity index (χ0v) is 12.9. The van der Waals surface area contributed by atoms with Gasteiger partial charge in [0.25, 0.3) is 0 Å². The Bertz CT molecular complexity index is 540. The zero-order chi connectivity index (χ0) is 13.1. The van der Waals surface area contributed by atoms with Crippen LogP contribution in [-0.2, 0) is 13.5 Å². The van der Waals surface area contributed by atoms with Crippen molar-refractivity contribution in [2.45, 2.75) is 12.5 Å². The first kappa shape index (κ1) is 13.7. The van der Waals surface area contributed by atoms with Crippen LogP contribution in [0.3, 0.4) is 0 Å². The van der Waals surface area contributed by atoms with E-state index in [1.165, 1.54) is 0 Å². The average Bonchev–Trinajstić information content (AvgIpc) is 2.73. The Hall–Kier alpha value is -0.760. The lowest BCUT2D eigenvalue weighted by Crippen LogP contribution is -2.31. The summed E-state index contributed by atoms with van der Waals surface area (Å²) in [4.78, 5) is 8.68. The highest BCUT2D eigenvalue weighted by atomic mass is 79.9. The average molecular weight is 375 g/mol. The van der Waals surface area contributed by atoms with Crippen molar-refractivity contribution < 1.29 is 0 Å². The number of hydrogen-bond donors (Lipinski definition) is 2. The maximum absolute atomic E-state index is 5.62. The summed E-state index contributed by atoms with van der Waals surface area (Å²) in [5, 5.41) is 0. The predicted octanol–water partition coefficient (Wildman–Crippen LogP) is 2.09. The van der Waals surface area contributed by atoms with Crippen LogP contribution in [-0.4, -0.2) is 14.5 Å². The number of nitrogens with two attached hydrogens (primary N) is 1. The van der Waals surface area contributed by atoms with Crippen molar-refractivity contribution in [1.29, 1.82) is 0 Å². The lowest BCUT2D eigenvalue weighted by atomic mass is 10.1. The Morgan fingerprint density at radius 1 is 1.44 bits per heavy atom. The van der Waals surface area contributed by atoms with Gasteiger partial charge in [0.1, 0.15) is 5.82 Å². The van der Waals surface area contributed by atoms with Crippen LogP contribution in [0.2, 0.25) is 0 Å². The van der Waals surface area contributed by atoms with Crippen LogP contribution in [0.4, 0.5) is 0 Å². The summed E-state index contributed by atoms with van der Waals surface area (Å²) >= 11 is 6.87. The highest BCUT2D eigenvalue weighted by Gasteiger charge is 2.17. The molecule has 0 fully saturated rings. The van der Waals surface area contributed by atoms with E-state index in [2.05, 4.69) is 47.3 Å². The zero-order valence-electron chi connectivity index (χ0n) is 9.77. The molecular weight excluding hydrogens is 362 g/mol. The summed E-state index contributed by atoms with van der Waals surface area (Å²) in [5.41, 5.74) is 3.65. The fourth-order valence-corrected chi connectivity index (χ4v) is 2.96. The third-order valence-electron chi connectivity index (χ3n) is 2.68. The molecule has 2 aromatic heterocycles. The Morgan fingerprint density at radius 3 is 2.78 bits per heavy atom. The molecule has 0 aliphatic carbocycles. The molecule has 96 valence electrons. The largest absolute Gasteiger partial charge is 0.338 e. The lowest BCUT2D eigenvalue weighted by Gasteiger charge is -2.16. The van der Waals surface area contributed by atoms with Crippen molar-refractivity contribution in [2.24, 2.45) is 12.9 Å². The molecule has 0 aliphatic heterocycles. The van der Waals surface area contributed by atoms with Gasteiger partial charge in [0, 0.05) is 41.0 Å². The second-order valence-electron chi connectivity index (χ2n) is 3.90. The number of nitrogens with zero attached hydrogens (tertiary/aromatic N) is 3. The topological polar surface area (TPSA) is 68.8 Å². The summed E-state index contributed by atoms with van der Waals surface area (Å²) in [6, 6.07) is 1.86. The van der Waals surface area contributed by atoms with Crippen LogP contribution in [0, 0.1) is 0 Å². The van der Waals surface area contributed by atoms with Gasteiger partial charge >= 0.3 is 0 Å². The molecule has 0 aromatic carbocycles. The highest BCUT2D eigenvalue weighted by molar-refractivity contribution is 9.11. The normalized spacial score (nSPS) is 12.7. The van der Waals surface area contributed by atoms with Crippen molar-refractivity contribution in [3.63, 3.8) is 0 Å². The van der Waals surface area contributed by atoms with Crippen molar-refractivity contribution in [3.05, 3.63) is 45.1 Å². The van der Waals surface area contributed by atoms with Gasteiger partial charge in [-0.1, -0.05) is 0 Å². The van der Waals surface area contributed by atoms with E-state index in [1.807, 2.05) is 23.9 Å². The molecule has 0 saturated carbocycles. The third kappa shape index (κ3) is 2.97. The van der Waals surface area contributed by atoms with Gasteiger partial charge in [-0.2, -0.15) is 0 Å². The second kappa shape index (κ2) is 5.92. The van der Waals surface area contributed by atoms with E-state index < -0.39 is 0 Å². The first-order valence-corrected chi connectivity index (χ1v) is 6.93. The number of rotatable bonds is 4. The molecule has 2 rings (SSSR count). The molecule has 2 heterocycles. The monoisotopic (exact) mass is 373 g/mol. The first-order chi connectivity index (χ1) is 8.61. The molecule has 0 aliphatic rings. The van der Waals surface area contributed by atoms with Crippen LogP contribution in [0.5, 0.6) is 0 Å². The molecule has 1 atom stereocenters. The van der Waals surface area contributed by atoms with Crippen LogP contribution < -0.4 is 11.3 Å². The molecule has 0 amide bonds. The van der Waals surface area contributed by atoms with Crippen LogP contribution >= 0.6 is 31.9 Å². The molecule has 2 aromatic rings. The Labute approximate surface area is 122 Å². The van der Waals surface area contributed by atoms with Crippen molar-refractivity contribution in [3.8, 4) is 0 Å². The summed E-state index contributed by atoms with van der Waals surface area (Å²) < 4.78 is 3.80. The molecule has 0 spiro atoms. The fraction of sp³-hybridized carbons (Fsp3) is 0.273. The number of pyridine rings is 1. The van der Waals surface area contributed by atoms with Gasteiger partial charge in [-0.25, -0.2) is 4.98 Å². The predicted molar refractivity (Wildman–Crippen MR) is 76.6 cm³/mol. The van der Waals surface area contributed by atoms with E-state index in [-0.39, 0.29) is 6.04 Å². The third-order valence-corrected chi connectivity index (χ3v) is 3.74. The molecule has 7 heteroatoms. The first-order valence-electron chi connectivity index (χ1n) is 5.35. The van der Waals surface area contributed by atoms with Crippen LogP contribution in [0.1, 0.15) is 17.6 Å². The van der Waals surface area contributed by atoms with Crippen molar-refractivity contribution >= 4 is 31.9 Å². The molecular formula is C11H13Br2N5. The van der Waals surface area contributed by atoms with Crippen molar-refractivity contribution in [1.82, 2.24) is 20.0 Å². The summed E-state index contributed by atoms with van der Waals surface area (Å²) in [7, 11) is 1.96. The minimum Gasteiger partial charge on any atom is -0.338 e. The SMILES string of the molecule is Cn1ccnc1CC(NN)c1ncc(Br)cc1Br. The van der Waals surface area contributed by atoms with Gasteiger partial charge in [0.15, 0.2) is 0 Å². The second-order valence-corrected chi connectivity index (χ2v) is 5.67. The van der Waals surface area contributed by atoms with Gasteiger partial charge < -0.3 is 4.57 Å². The molecule has 0 saturated heterocycles. The molecule has 0 radical (unpaired) electrons. The smallest absolute Gasteiger partial charge is 0.110 e. The Balaban J connectivity index is 2.26. The van der Waals surface area contributed by atoms with Gasteiger partial charge in [-0.15, -0.1) is 0 Å². The number of hydrogen-bond acceptors (Lipinski definition) is 4. The number of aryl methyl sites for hydroxylation is 1. The molecule has 0 bridgehead atoms. The van der Waals surface area contributed by atoms with E-state index in [4.69, 9.17) is 5.84 Å². The summed E-state index contributed by atoms with van der Waals surface area (Å²) in [6.45, 7) is 0. The number of nitrogens with one attached hydrogen (secondary N) is 1. The van der Waals surface area contributed by atoms with E-state index in [0.29, 0.717) is 6.42 Å². The Kier molecular flexibility index (Phi) is 4.50. The molecule has 5 nitrogen and oxygen atoms in total. The summed E-state index contributed by atoms with van der Waals surface area (Å²) in [5.74, 6) is 6.57. The summed E-state index contributed by atoms with van der Waals surface area (Å²) in [6.07, 6.45) is 6.11. The quantitative estimate of drug-likeness (QED) is 0.635. The van der Waals surface area contributed by atoms with E-state index >= 15 is 0 Å². The van der Waals surface area contributed by atoms with Gasteiger partial charge in [0.2, 0.25) is 0 Å². The van der Waals surface area contributed by atoms with Crippen LogP contribution in [0.15, 0.2) is 33.6 Å². The van der Waals surface area contributed by atoms with E-state index in [1.54, 1.807) is 12.4 Å². The number of aromatic nitrogens is 3. The van der Waals surface area contributed by atoms with E-state index in [0.717, 1.165) is 20.5 Å². The van der Waals surface area contributed by atoms with Gasteiger partial charge in [0.05, 0.1) is 11.7 Å². The van der Waals surface area contributed by atoms with Gasteiger partial charge in [-0.3, -0.25) is 16.3 Å². The van der Waals surface area contributed by atoms with E-state index in [9.17, 15) is 0 Å². The maximum Gasteiger partial charge on any atom is 0.110 e. The minimum absolute atomic E-state index is 0.0893. The fourth-order valence-electron chi connectivity index (χ4n) is 1.69. The Morgan fingerprint density at radius 2 is 2.22 bits per heavy atom. The van der Waals surface area contributed by atoms with Gasteiger partial charge in [-0.05, 0) is 37.9 Å². The lowest BCUT2D eigenvalue weighted by molar-refractivity contribution is 0.516. The standard InChI is InChI=1S/C11H13Br2N5/c1-18-3-2-15-10(18)5-9(17-14)11-8(13)4-7(12)6-16-11/h2-4,6,9,17H,5,14H2,1H3. The number of halogens is 2. The maximum atomic E-state index is 5.62. The molecule has 18 heavy (non-hydrogen) atoms. The highest BCUT2D eigenvalue weighted by Crippen LogP contribution is 2.25. The molecule has 3 N–H and O–H groups in total.